The largest absolute Gasteiger partial charge is 0.507 e. The number of phenolic OH excluding ortho intramolecular Hbond substituents is 1. The van der Waals surface area contributed by atoms with Gasteiger partial charge < -0.3 is 29.5 Å². The number of nitrogens with zero attached hydrogens (tertiary/aromatic N) is 2. The lowest BCUT2D eigenvalue weighted by atomic mass is 9.82. The molecule has 2 aromatic carbocycles. The number of phenols is 1. The molecule has 2 aliphatic heterocycles. The number of benzene rings is 2. The van der Waals surface area contributed by atoms with Gasteiger partial charge in [0.2, 0.25) is 0 Å². The van der Waals surface area contributed by atoms with Crippen molar-refractivity contribution in [2.45, 2.75) is 95.6 Å². The topological polar surface area (TPSA) is 99.5 Å². The summed E-state index contributed by atoms with van der Waals surface area (Å²) in [6, 6.07) is 12.8. The van der Waals surface area contributed by atoms with Gasteiger partial charge in [-0.2, -0.15) is 0 Å². The second-order valence-electron chi connectivity index (χ2n) is 13.6. The molecule has 0 atom stereocenters. The molecule has 0 radical (unpaired) electrons. The van der Waals surface area contributed by atoms with Crippen LogP contribution in [0.1, 0.15) is 101 Å². The SMILES string of the molecule is BrC1CCC1.CCN(CC)C(=O)c1ccc(C2=CC3(CCN(C(=O)OC(C)(C)C)CC3)Oc3cccc(O)c32)cc1.OCC1CC1. The predicted molar refractivity (Wildman–Crippen MR) is 186 cm³/mol. The van der Waals surface area contributed by atoms with Crippen molar-refractivity contribution in [1.82, 2.24) is 9.80 Å². The van der Waals surface area contributed by atoms with Crippen LogP contribution in [0, 0.1) is 5.92 Å². The van der Waals surface area contributed by atoms with Gasteiger partial charge in [0, 0.05) is 56.0 Å². The summed E-state index contributed by atoms with van der Waals surface area (Å²) in [4.78, 5) is 29.7. The quantitative estimate of drug-likeness (QED) is 0.309. The fraction of sp³-hybridized carbons (Fsp3) is 0.568. The Morgan fingerprint density at radius 3 is 2.09 bits per heavy atom. The maximum atomic E-state index is 12.8. The van der Waals surface area contributed by atoms with Gasteiger partial charge in [0.15, 0.2) is 0 Å². The lowest BCUT2D eigenvalue weighted by Gasteiger charge is -2.43. The van der Waals surface area contributed by atoms with Crippen molar-refractivity contribution >= 4 is 33.5 Å². The summed E-state index contributed by atoms with van der Waals surface area (Å²) in [5.41, 5.74) is 1.88. The van der Waals surface area contributed by atoms with E-state index in [9.17, 15) is 14.7 Å². The van der Waals surface area contributed by atoms with E-state index in [1.54, 1.807) is 21.9 Å². The average Bonchev–Trinajstić information content (AvgIpc) is 3.86. The molecule has 6 rings (SSSR count). The van der Waals surface area contributed by atoms with Gasteiger partial charge in [0.25, 0.3) is 5.91 Å². The first-order valence-corrected chi connectivity index (χ1v) is 17.7. The first-order chi connectivity index (χ1) is 21.9. The van der Waals surface area contributed by atoms with Crippen LogP contribution < -0.4 is 4.74 Å². The second-order valence-corrected chi connectivity index (χ2v) is 14.8. The monoisotopic (exact) mass is 698 g/mol. The van der Waals surface area contributed by atoms with E-state index in [1.165, 1.54) is 32.1 Å². The van der Waals surface area contributed by atoms with Crippen LogP contribution in [0.2, 0.25) is 0 Å². The number of piperidine rings is 1. The third-order valence-electron chi connectivity index (χ3n) is 8.74. The van der Waals surface area contributed by atoms with E-state index >= 15 is 0 Å². The standard InChI is InChI=1S/C29H36N2O5.C4H7Br.C4H8O/c1-6-30(7-2)26(33)21-13-11-20(12-14-21)22-19-29(35-24-10-8-9-23(32)25(22)24)15-17-31(18-16-29)27(34)36-28(3,4)5;5-4-2-1-3-4;5-3-4-1-2-4/h8-14,19,32H,6-7,15-18H2,1-5H3;4H,1-3H2;4-5H,1-3H2. The molecule has 46 heavy (non-hydrogen) atoms. The molecule has 1 saturated heterocycles. The Balaban J connectivity index is 0.000000406. The molecule has 1 spiro atoms. The molecule has 9 heteroatoms. The fourth-order valence-corrected chi connectivity index (χ4v) is 6.12. The number of rotatable bonds is 5. The number of hydrogen-bond acceptors (Lipinski definition) is 6. The Bertz CT molecular complexity index is 1350. The minimum absolute atomic E-state index is 0.00161. The zero-order chi connectivity index (χ0) is 33.5. The maximum Gasteiger partial charge on any atom is 0.410 e. The maximum absolute atomic E-state index is 12.8. The van der Waals surface area contributed by atoms with Crippen molar-refractivity contribution < 1.29 is 29.3 Å². The first-order valence-electron chi connectivity index (χ1n) is 16.8. The lowest BCUT2D eigenvalue weighted by molar-refractivity contribution is -0.00121. The number of hydrogen-bond donors (Lipinski definition) is 2. The molecule has 0 unspecified atom stereocenters. The summed E-state index contributed by atoms with van der Waals surface area (Å²) in [5.74, 6) is 1.45. The Morgan fingerprint density at radius 2 is 1.63 bits per heavy atom. The van der Waals surface area contributed by atoms with Crippen LogP contribution in [-0.4, -0.2) is 80.8 Å². The number of likely N-dealkylation sites (tertiary alicyclic amines) is 1. The normalized spacial score (nSPS) is 18.3. The van der Waals surface area contributed by atoms with Gasteiger partial charge in [-0.3, -0.25) is 4.79 Å². The minimum atomic E-state index is -0.607. The van der Waals surface area contributed by atoms with E-state index in [1.807, 2.05) is 65.0 Å². The van der Waals surface area contributed by atoms with Crippen molar-refractivity contribution in [1.29, 1.82) is 0 Å². The number of carbonyl (C=O) groups excluding carboxylic acids is 2. The van der Waals surface area contributed by atoms with Crippen LogP contribution in [0.3, 0.4) is 0 Å². The first kappa shape index (κ1) is 35.8. The second kappa shape index (κ2) is 15.7. The summed E-state index contributed by atoms with van der Waals surface area (Å²) in [6.45, 7) is 12.3. The van der Waals surface area contributed by atoms with Crippen LogP contribution in [-0.2, 0) is 4.74 Å². The Hall–Kier alpha value is -3.04. The Morgan fingerprint density at radius 1 is 1.02 bits per heavy atom. The highest BCUT2D eigenvalue weighted by atomic mass is 79.9. The van der Waals surface area contributed by atoms with Crippen molar-refractivity contribution in [3.05, 3.63) is 65.2 Å². The number of alkyl halides is 1. The van der Waals surface area contributed by atoms with Gasteiger partial charge in [-0.15, -0.1) is 0 Å². The fourth-order valence-electron chi connectivity index (χ4n) is 5.47. The molecule has 2 aliphatic carbocycles. The highest BCUT2D eigenvalue weighted by molar-refractivity contribution is 9.09. The predicted octanol–water partition coefficient (Wildman–Crippen LogP) is 7.79. The summed E-state index contributed by atoms with van der Waals surface area (Å²) in [5, 5.41) is 18.9. The smallest absolute Gasteiger partial charge is 0.410 e. The number of halogens is 1. The van der Waals surface area contributed by atoms with Gasteiger partial charge in [0.1, 0.15) is 22.7 Å². The number of fused-ring (bicyclic) bond motifs is 1. The number of aromatic hydroxyl groups is 1. The molecule has 2 saturated carbocycles. The average molecular weight is 700 g/mol. The van der Waals surface area contributed by atoms with Crippen LogP contribution in [0.25, 0.3) is 5.57 Å². The summed E-state index contributed by atoms with van der Waals surface area (Å²) >= 11 is 3.46. The molecule has 4 aliphatic rings. The van der Waals surface area contributed by atoms with Crippen LogP contribution in [0.15, 0.2) is 48.5 Å². The van der Waals surface area contributed by atoms with Crippen LogP contribution >= 0.6 is 15.9 Å². The van der Waals surface area contributed by atoms with Crippen LogP contribution in [0.4, 0.5) is 4.79 Å². The van der Waals surface area contributed by atoms with E-state index in [0.717, 1.165) is 16.0 Å². The number of aliphatic hydroxyl groups is 1. The molecule has 2 heterocycles. The third-order valence-corrected chi connectivity index (χ3v) is 9.65. The zero-order valence-corrected chi connectivity index (χ0v) is 29.6. The van der Waals surface area contributed by atoms with Crippen LogP contribution in [0.5, 0.6) is 11.5 Å². The van der Waals surface area contributed by atoms with Crippen molar-refractivity contribution in [3.8, 4) is 11.5 Å². The Labute approximate surface area is 282 Å². The van der Waals surface area contributed by atoms with Gasteiger partial charge in [-0.25, -0.2) is 4.79 Å². The van der Waals surface area contributed by atoms with Crippen molar-refractivity contribution in [2.24, 2.45) is 5.92 Å². The molecule has 252 valence electrons. The van der Waals surface area contributed by atoms with E-state index in [4.69, 9.17) is 14.6 Å². The lowest BCUT2D eigenvalue weighted by Crippen LogP contribution is -2.50. The molecular formula is C37H51BrN2O6. The highest BCUT2D eigenvalue weighted by Gasteiger charge is 2.41. The molecule has 2 aromatic rings. The minimum Gasteiger partial charge on any atom is -0.507 e. The van der Waals surface area contributed by atoms with E-state index in [-0.39, 0.29) is 17.7 Å². The number of ether oxygens (including phenoxy) is 2. The number of aliphatic hydroxyl groups excluding tert-OH is 1. The zero-order valence-electron chi connectivity index (χ0n) is 28.1. The summed E-state index contributed by atoms with van der Waals surface area (Å²) in [6.07, 6.45) is 9.72. The molecule has 8 nitrogen and oxygen atoms in total. The van der Waals surface area contributed by atoms with Crippen molar-refractivity contribution in [2.75, 3.05) is 32.8 Å². The highest BCUT2D eigenvalue weighted by Crippen LogP contribution is 2.46. The molecular weight excluding hydrogens is 648 g/mol. The molecule has 2 amide bonds. The Kier molecular flexibility index (Phi) is 12.2. The van der Waals surface area contributed by atoms with E-state index in [0.29, 0.717) is 68.4 Å². The molecule has 0 bridgehead atoms. The molecule has 3 fully saturated rings. The van der Waals surface area contributed by atoms with Crippen molar-refractivity contribution in [3.63, 3.8) is 0 Å². The van der Waals surface area contributed by atoms with Gasteiger partial charge >= 0.3 is 6.09 Å². The van der Waals surface area contributed by atoms with Gasteiger partial charge in [-0.1, -0.05) is 40.5 Å². The summed E-state index contributed by atoms with van der Waals surface area (Å²) in [7, 11) is 0. The van der Waals surface area contributed by atoms with Gasteiger partial charge in [0.05, 0.1) is 5.56 Å². The third kappa shape index (κ3) is 9.50. The van der Waals surface area contributed by atoms with E-state index < -0.39 is 11.2 Å². The number of amides is 2. The summed E-state index contributed by atoms with van der Waals surface area (Å²) < 4.78 is 12.0. The van der Waals surface area contributed by atoms with Gasteiger partial charge in [-0.05, 0) is 108 Å². The number of carbonyl (C=O) groups is 2. The molecule has 0 aromatic heterocycles. The van der Waals surface area contributed by atoms with E-state index in [2.05, 4.69) is 22.0 Å². The molecule has 2 N–H and O–H groups in total.